The molecule has 0 aromatic carbocycles. The second-order valence-electron chi connectivity index (χ2n) is 5.27. The molecule has 6 heteroatoms. The van der Waals surface area contributed by atoms with Crippen LogP contribution in [0.5, 0.6) is 0 Å². The van der Waals surface area contributed by atoms with Crippen LogP contribution >= 0.6 is 0 Å². The van der Waals surface area contributed by atoms with Crippen molar-refractivity contribution in [2.75, 3.05) is 13.7 Å². The van der Waals surface area contributed by atoms with E-state index in [0.717, 1.165) is 4.90 Å². The van der Waals surface area contributed by atoms with E-state index in [4.69, 9.17) is 4.74 Å². The number of esters is 1. The molecule has 1 fully saturated rings. The van der Waals surface area contributed by atoms with Gasteiger partial charge in [-0.25, -0.2) is 9.59 Å². The van der Waals surface area contributed by atoms with E-state index in [1.165, 1.54) is 7.11 Å². The zero-order valence-electron chi connectivity index (χ0n) is 11.2. The lowest BCUT2D eigenvalue weighted by atomic mass is 9.99. The van der Waals surface area contributed by atoms with Gasteiger partial charge in [0.1, 0.15) is 5.60 Å². The third-order valence-corrected chi connectivity index (χ3v) is 2.77. The first-order valence-corrected chi connectivity index (χ1v) is 5.82. The van der Waals surface area contributed by atoms with Gasteiger partial charge in [0.25, 0.3) is 0 Å². The van der Waals surface area contributed by atoms with Crippen molar-refractivity contribution in [1.82, 2.24) is 4.90 Å². The Morgan fingerprint density at radius 3 is 2.39 bits per heavy atom. The molecule has 102 valence electrons. The van der Waals surface area contributed by atoms with E-state index >= 15 is 0 Å². The van der Waals surface area contributed by atoms with Crippen molar-refractivity contribution in [3.63, 3.8) is 0 Å². The van der Waals surface area contributed by atoms with E-state index < -0.39 is 23.2 Å². The second kappa shape index (κ2) is 4.96. The van der Waals surface area contributed by atoms with E-state index in [2.05, 4.69) is 4.74 Å². The zero-order valence-corrected chi connectivity index (χ0v) is 11.2. The Morgan fingerprint density at radius 2 is 1.94 bits per heavy atom. The maximum atomic E-state index is 12.0. The zero-order chi connectivity index (χ0) is 14.0. The lowest BCUT2D eigenvalue weighted by molar-refractivity contribution is -0.155. The second-order valence-corrected chi connectivity index (χ2v) is 5.27. The molecular formula is C12H19NO5. The Bertz CT molecular complexity index is 360. The Kier molecular flexibility index (Phi) is 3.98. The molecule has 0 aliphatic carbocycles. The number of aldehydes is 1. The van der Waals surface area contributed by atoms with Gasteiger partial charge in [-0.2, -0.15) is 0 Å². The molecule has 0 saturated carbocycles. The molecule has 0 bridgehead atoms. The molecule has 0 aromatic heterocycles. The van der Waals surface area contributed by atoms with Gasteiger partial charge >= 0.3 is 12.1 Å². The molecular weight excluding hydrogens is 238 g/mol. The van der Waals surface area contributed by atoms with Gasteiger partial charge < -0.3 is 14.3 Å². The Balaban J connectivity index is 2.96. The molecule has 0 radical (unpaired) electrons. The smallest absolute Gasteiger partial charge is 0.411 e. The summed E-state index contributed by atoms with van der Waals surface area (Å²) < 4.78 is 9.81. The standard InChI is InChI=1S/C12H19NO5/c1-11(2,3)18-10(16)13-7-5-6-12(13,8-14)9(15)17-4/h8H,5-7H2,1-4H3/t12-/m0/s1. The average molecular weight is 257 g/mol. The normalized spacial score (nSPS) is 23.7. The highest BCUT2D eigenvalue weighted by Gasteiger charge is 2.52. The molecule has 18 heavy (non-hydrogen) atoms. The predicted octanol–water partition coefficient (Wildman–Crippen LogP) is 1.13. The van der Waals surface area contributed by atoms with Crippen LogP contribution in [0.15, 0.2) is 0 Å². The fraction of sp³-hybridized carbons (Fsp3) is 0.750. The summed E-state index contributed by atoms with van der Waals surface area (Å²) in [7, 11) is 1.19. The molecule has 1 amide bonds. The van der Waals surface area contributed by atoms with Gasteiger partial charge in [-0.3, -0.25) is 4.90 Å². The van der Waals surface area contributed by atoms with Crippen LogP contribution in [0, 0.1) is 0 Å². The quantitative estimate of drug-likeness (QED) is 0.421. The van der Waals surface area contributed by atoms with Gasteiger partial charge in [-0.1, -0.05) is 0 Å². The van der Waals surface area contributed by atoms with E-state index in [1.807, 2.05) is 0 Å². The summed E-state index contributed by atoms with van der Waals surface area (Å²) in [5.74, 6) is -0.721. The van der Waals surface area contributed by atoms with Gasteiger partial charge in [0.2, 0.25) is 0 Å². The Labute approximate surface area is 106 Å². The summed E-state index contributed by atoms with van der Waals surface area (Å²) in [5, 5.41) is 0. The number of likely N-dealkylation sites (tertiary alicyclic amines) is 1. The highest BCUT2D eigenvalue weighted by atomic mass is 16.6. The number of nitrogens with zero attached hydrogens (tertiary/aromatic N) is 1. The van der Waals surface area contributed by atoms with Crippen molar-refractivity contribution < 1.29 is 23.9 Å². The molecule has 0 aromatic rings. The lowest BCUT2D eigenvalue weighted by Crippen LogP contribution is -2.55. The number of hydrogen-bond acceptors (Lipinski definition) is 5. The van der Waals surface area contributed by atoms with Gasteiger partial charge in [-0.05, 0) is 33.6 Å². The van der Waals surface area contributed by atoms with Crippen LogP contribution < -0.4 is 0 Å². The molecule has 0 spiro atoms. The van der Waals surface area contributed by atoms with Crippen molar-refractivity contribution >= 4 is 18.3 Å². The monoisotopic (exact) mass is 257 g/mol. The van der Waals surface area contributed by atoms with E-state index in [0.29, 0.717) is 19.3 Å². The van der Waals surface area contributed by atoms with Crippen LogP contribution in [0.1, 0.15) is 33.6 Å². The maximum Gasteiger partial charge on any atom is 0.411 e. The van der Waals surface area contributed by atoms with Crippen molar-refractivity contribution in [2.24, 2.45) is 0 Å². The highest BCUT2D eigenvalue weighted by Crippen LogP contribution is 2.30. The van der Waals surface area contributed by atoms with Crippen LogP contribution in [0.3, 0.4) is 0 Å². The third kappa shape index (κ3) is 2.63. The molecule has 0 N–H and O–H groups in total. The number of carbonyl (C=O) groups excluding carboxylic acids is 3. The van der Waals surface area contributed by atoms with E-state index in [-0.39, 0.29) is 6.42 Å². The minimum Gasteiger partial charge on any atom is -0.467 e. The molecule has 1 heterocycles. The lowest BCUT2D eigenvalue weighted by Gasteiger charge is -2.32. The maximum absolute atomic E-state index is 12.0. The van der Waals surface area contributed by atoms with Gasteiger partial charge in [-0.15, -0.1) is 0 Å². The minimum atomic E-state index is -1.53. The summed E-state index contributed by atoms with van der Waals surface area (Å²) in [6.07, 6.45) is 0.628. The average Bonchev–Trinajstić information content (AvgIpc) is 2.70. The fourth-order valence-corrected chi connectivity index (χ4v) is 1.97. The van der Waals surface area contributed by atoms with Crippen molar-refractivity contribution in [2.45, 2.75) is 44.8 Å². The van der Waals surface area contributed by atoms with Gasteiger partial charge in [0.05, 0.1) is 7.11 Å². The fourth-order valence-electron chi connectivity index (χ4n) is 1.97. The van der Waals surface area contributed by atoms with Crippen LogP contribution in [-0.2, 0) is 19.1 Å². The van der Waals surface area contributed by atoms with Crippen molar-refractivity contribution in [3.8, 4) is 0 Å². The summed E-state index contributed by atoms with van der Waals surface area (Å²) >= 11 is 0. The first-order valence-electron chi connectivity index (χ1n) is 5.82. The first-order chi connectivity index (χ1) is 8.27. The third-order valence-electron chi connectivity index (χ3n) is 2.77. The highest BCUT2D eigenvalue weighted by molar-refractivity contribution is 6.01. The molecule has 1 rings (SSSR count). The van der Waals surface area contributed by atoms with Crippen LogP contribution in [0.4, 0.5) is 4.79 Å². The van der Waals surface area contributed by atoms with Crippen LogP contribution in [-0.4, -0.2) is 48.0 Å². The first kappa shape index (κ1) is 14.5. The number of amides is 1. The van der Waals surface area contributed by atoms with Crippen LogP contribution in [0.25, 0.3) is 0 Å². The molecule has 1 saturated heterocycles. The number of rotatable bonds is 2. The molecule has 6 nitrogen and oxygen atoms in total. The molecule has 1 atom stereocenters. The summed E-state index contributed by atoms with van der Waals surface area (Å²) in [6, 6.07) is 0. The van der Waals surface area contributed by atoms with Crippen LogP contribution in [0.2, 0.25) is 0 Å². The topological polar surface area (TPSA) is 72.9 Å². The van der Waals surface area contributed by atoms with E-state index in [9.17, 15) is 14.4 Å². The number of hydrogen-bond donors (Lipinski definition) is 0. The number of carbonyl (C=O) groups is 3. The predicted molar refractivity (Wildman–Crippen MR) is 63.0 cm³/mol. The van der Waals surface area contributed by atoms with Gasteiger partial charge in [0, 0.05) is 6.54 Å². The Hall–Kier alpha value is -1.59. The largest absolute Gasteiger partial charge is 0.467 e. The summed E-state index contributed by atoms with van der Waals surface area (Å²) in [6.45, 7) is 5.48. The Morgan fingerprint density at radius 1 is 1.33 bits per heavy atom. The number of ether oxygens (including phenoxy) is 2. The molecule has 0 unspecified atom stereocenters. The number of methoxy groups -OCH3 is 1. The van der Waals surface area contributed by atoms with E-state index in [1.54, 1.807) is 20.8 Å². The van der Waals surface area contributed by atoms with Crippen molar-refractivity contribution in [1.29, 1.82) is 0 Å². The van der Waals surface area contributed by atoms with Gasteiger partial charge in [0.15, 0.2) is 11.8 Å². The molecule has 1 aliphatic rings. The SMILES string of the molecule is COC(=O)[C@@]1(C=O)CCCN1C(=O)OC(C)(C)C. The summed E-state index contributed by atoms with van der Waals surface area (Å²) in [5.41, 5.74) is -2.21. The molecule has 1 aliphatic heterocycles. The minimum absolute atomic E-state index is 0.266. The van der Waals surface area contributed by atoms with Crippen molar-refractivity contribution in [3.05, 3.63) is 0 Å². The summed E-state index contributed by atoms with van der Waals surface area (Å²) in [4.78, 5) is 36.1.